The average molecular weight is 166 g/mol. The predicted molar refractivity (Wildman–Crippen MR) is 45.6 cm³/mol. The molecule has 0 aromatic heterocycles. The molecule has 1 N–H and O–H groups in total. The van der Waals surface area contributed by atoms with Crippen molar-refractivity contribution in [2.75, 3.05) is 0 Å². The third-order valence-electron chi connectivity index (χ3n) is 3.40. The number of hydrogen-bond donors (Lipinski definition) is 1. The van der Waals surface area contributed by atoms with E-state index in [4.69, 9.17) is 0 Å². The Hall–Kier alpha value is -0.630. The highest BCUT2D eigenvalue weighted by Crippen LogP contribution is 2.66. The Morgan fingerprint density at radius 2 is 2.25 bits per heavy atom. The van der Waals surface area contributed by atoms with Crippen molar-refractivity contribution in [2.45, 2.75) is 32.8 Å². The maximum absolute atomic E-state index is 11.6. The summed E-state index contributed by atoms with van der Waals surface area (Å²) in [4.78, 5) is 11.6. The second kappa shape index (κ2) is 1.82. The molecule has 12 heavy (non-hydrogen) atoms. The molecule has 0 aliphatic heterocycles. The molecule has 66 valence electrons. The van der Waals surface area contributed by atoms with Crippen LogP contribution < -0.4 is 0 Å². The maximum Gasteiger partial charge on any atom is 0.165 e. The van der Waals surface area contributed by atoms with Crippen molar-refractivity contribution in [3.63, 3.8) is 0 Å². The second-order valence-corrected chi connectivity index (χ2v) is 4.54. The van der Waals surface area contributed by atoms with E-state index in [0.29, 0.717) is 5.92 Å². The quantitative estimate of drug-likeness (QED) is 0.637. The molecule has 1 saturated carbocycles. The predicted octanol–water partition coefficient (Wildman–Crippen LogP) is 1.29. The Morgan fingerprint density at radius 3 is 2.42 bits per heavy atom. The van der Waals surface area contributed by atoms with Crippen molar-refractivity contribution < 1.29 is 9.90 Å². The summed E-state index contributed by atoms with van der Waals surface area (Å²) < 4.78 is 0. The summed E-state index contributed by atoms with van der Waals surface area (Å²) in [6, 6.07) is 0. The van der Waals surface area contributed by atoms with Gasteiger partial charge in [-0.15, -0.1) is 0 Å². The number of carbonyl (C=O) groups is 1. The lowest BCUT2D eigenvalue weighted by Crippen LogP contribution is -2.38. The average Bonchev–Trinajstić information content (AvgIpc) is 2.53. The van der Waals surface area contributed by atoms with Crippen LogP contribution in [0.15, 0.2) is 11.6 Å². The van der Waals surface area contributed by atoms with E-state index in [-0.39, 0.29) is 5.78 Å². The third kappa shape index (κ3) is 0.667. The van der Waals surface area contributed by atoms with Gasteiger partial charge in [-0.05, 0) is 39.2 Å². The molecule has 0 bridgehead atoms. The van der Waals surface area contributed by atoms with E-state index in [0.717, 1.165) is 12.0 Å². The van der Waals surface area contributed by atoms with Gasteiger partial charge < -0.3 is 5.11 Å². The molecule has 0 radical (unpaired) electrons. The zero-order chi connectivity index (χ0) is 9.15. The van der Waals surface area contributed by atoms with Gasteiger partial charge in [0, 0.05) is 0 Å². The standard InChI is InChI=1S/C10H14O2/c1-6-4-8(11)10(5-7(6)10)9(2,3)12/h4,7,12H,5H2,1-3H3. The van der Waals surface area contributed by atoms with E-state index in [1.54, 1.807) is 19.9 Å². The Bertz CT molecular complexity index is 283. The largest absolute Gasteiger partial charge is 0.389 e. The summed E-state index contributed by atoms with van der Waals surface area (Å²) in [6.07, 6.45) is 2.53. The van der Waals surface area contributed by atoms with Gasteiger partial charge in [-0.1, -0.05) is 5.57 Å². The fourth-order valence-electron chi connectivity index (χ4n) is 2.50. The zero-order valence-electron chi connectivity index (χ0n) is 7.72. The first-order chi connectivity index (χ1) is 5.39. The first-order valence-electron chi connectivity index (χ1n) is 4.34. The van der Waals surface area contributed by atoms with Crippen LogP contribution in [0.1, 0.15) is 27.2 Å². The molecule has 2 unspecified atom stereocenters. The van der Waals surface area contributed by atoms with Gasteiger partial charge in [0.05, 0.1) is 11.0 Å². The normalized spacial score (nSPS) is 39.5. The van der Waals surface area contributed by atoms with Crippen molar-refractivity contribution in [2.24, 2.45) is 11.3 Å². The number of carbonyl (C=O) groups excluding carboxylic acids is 1. The van der Waals surface area contributed by atoms with Crippen molar-refractivity contribution in [1.82, 2.24) is 0 Å². The molecular formula is C10H14O2. The molecule has 2 rings (SSSR count). The first-order valence-corrected chi connectivity index (χ1v) is 4.34. The van der Waals surface area contributed by atoms with Crippen molar-refractivity contribution in [3.05, 3.63) is 11.6 Å². The Labute approximate surface area is 72.3 Å². The van der Waals surface area contributed by atoms with Crippen LogP contribution in [-0.2, 0) is 4.79 Å². The van der Waals surface area contributed by atoms with Crippen LogP contribution in [0.25, 0.3) is 0 Å². The minimum atomic E-state index is -0.858. The molecular weight excluding hydrogens is 152 g/mol. The van der Waals surface area contributed by atoms with Gasteiger partial charge >= 0.3 is 0 Å². The summed E-state index contributed by atoms with van der Waals surface area (Å²) in [5, 5.41) is 9.85. The van der Waals surface area contributed by atoms with E-state index in [9.17, 15) is 9.90 Å². The fourth-order valence-corrected chi connectivity index (χ4v) is 2.50. The van der Waals surface area contributed by atoms with Gasteiger partial charge in [0.25, 0.3) is 0 Å². The Kier molecular flexibility index (Phi) is 1.21. The highest BCUT2D eigenvalue weighted by atomic mass is 16.3. The number of rotatable bonds is 1. The molecule has 0 aromatic carbocycles. The van der Waals surface area contributed by atoms with E-state index in [2.05, 4.69) is 0 Å². The van der Waals surface area contributed by atoms with Crippen LogP contribution in [0.2, 0.25) is 0 Å². The minimum absolute atomic E-state index is 0.123. The van der Waals surface area contributed by atoms with Crippen molar-refractivity contribution >= 4 is 5.78 Å². The van der Waals surface area contributed by atoms with E-state index in [1.165, 1.54) is 0 Å². The number of hydrogen-bond acceptors (Lipinski definition) is 2. The smallest absolute Gasteiger partial charge is 0.165 e. The van der Waals surface area contributed by atoms with E-state index >= 15 is 0 Å². The lowest BCUT2D eigenvalue weighted by Gasteiger charge is -2.26. The first kappa shape index (κ1) is 7.99. The molecule has 2 aliphatic rings. The molecule has 0 amide bonds. The third-order valence-corrected chi connectivity index (χ3v) is 3.40. The topological polar surface area (TPSA) is 37.3 Å². The van der Waals surface area contributed by atoms with Gasteiger partial charge in [-0.25, -0.2) is 0 Å². The lowest BCUT2D eigenvalue weighted by atomic mass is 9.84. The van der Waals surface area contributed by atoms with Crippen molar-refractivity contribution in [3.8, 4) is 0 Å². The van der Waals surface area contributed by atoms with Crippen molar-refractivity contribution in [1.29, 1.82) is 0 Å². The summed E-state index contributed by atoms with van der Waals surface area (Å²) >= 11 is 0. The highest BCUT2D eigenvalue weighted by molar-refractivity contribution is 6.02. The fraction of sp³-hybridized carbons (Fsp3) is 0.700. The molecule has 0 aromatic rings. The number of fused-ring (bicyclic) bond motifs is 1. The summed E-state index contributed by atoms with van der Waals surface area (Å²) in [5.41, 5.74) is -0.165. The molecule has 2 aliphatic carbocycles. The van der Waals surface area contributed by atoms with Gasteiger partial charge in [-0.2, -0.15) is 0 Å². The van der Waals surface area contributed by atoms with E-state index < -0.39 is 11.0 Å². The molecule has 1 fully saturated rings. The van der Waals surface area contributed by atoms with E-state index in [1.807, 2.05) is 6.92 Å². The summed E-state index contributed by atoms with van der Waals surface area (Å²) in [6.45, 7) is 5.44. The maximum atomic E-state index is 11.6. The van der Waals surface area contributed by atoms with Crippen LogP contribution in [0.5, 0.6) is 0 Å². The number of aliphatic hydroxyl groups is 1. The van der Waals surface area contributed by atoms with Crippen LogP contribution in [-0.4, -0.2) is 16.5 Å². The van der Waals surface area contributed by atoms with Gasteiger partial charge in [-0.3, -0.25) is 4.79 Å². The van der Waals surface area contributed by atoms with Crippen LogP contribution in [0.3, 0.4) is 0 Å². The van der Waals surface area contributed by atoms with Crippen LogP contribution in [0.4, 0.5) is 0 Å². The number of ketones is 1. The number of allylic oxidation sites excluding steroid dienone is 2. The molecule has 2 nitrogen and oxygen atoms in total. The zero-order valence-corrected chi connectivity index (χ0v) is 7.72. The van der Waals surface area contributed by atoms with Crippen LogP contribution >= 0.6 is 0 Å². The highest BCUT2D eigenvalue weighted by Gasteiger charge is 2.69. The second-order valence-electron chi connectivity index (χ2n) is 4.54. The SMILES string of the molecule is CC1=CC(=O)C2(C(C)(C)O)CC12. The minimum Gasteiger partial charge on any atom is -0.389 e. The summed E-state index contributed by atoms with van der Waals surface area (Å²) in [7, 11) is 0. The molecule has 0 heterocycles. The van der Waals surface area contributed by atoms with Gasteiger partial charge in [0.1, 0.15) is 0 Å². The van der Waals surface area contributed by atoms with Crippen LogP contribution in [0, 0.1) is 11.3 Å². The van der Waals surface area contributed by atoms with Gasteiger partial charge in [0.15, 0.2) is 5.78 Å². The summed E-state index contributed by atoms with van der Waals surface area (Å²) in [5.74, 6) is 0.447. The lowest BCUT2D eigenvalue weighted by molar-refractivity contribution is -0.127. The molecule has 2 atom stereocenters. The molecule has 0 spiro atoms. The molecule has 2 heteroatoms. The Balaban J connectivity index is 2.38. The molecule has 0 saturated heterocycles. The monoisotopic (exact) mass is 166 g/mol. The Morgan fingerprint density at radius 1 is 1.67 bits per heavy atom. The van der Waals surface area contributed by atoms with Gasteiger partial charge in [0.2, 0.25) is 0 Å².